The SMILES string of the molecule is O=C(Nc1ccc(N2CCOCC2)cc1)C1CCCN(c2ncccn2)C1. The van der Waals surface area contributed by atoms with Gasteiger partial charge in [0.15, 0.2) is 0 Å². The second-order valence-electron chi connectivity index (χ2n) is 6.97. The molecule has 142 valence electrons. The van der Waals surface area contributed by atoms with Gasteiger partial charge < -0.3 is 19.9 Å². The van der Waals surface area contributed by atoms with Crippen molar-refractivity contribution in [2.45, 2.75) is 12.8 Å². The van der Waals surface area contributed by atoms with Gasteiger partial charge in [0, 0.05) is 49.9 Å². The largest absolute Gasteiger partial charge is 0.378 e. The Balaban J connectivity index is 1.35. The number of rotatable bonds is 4. The minimum atomic E-state index is -0.0542. The van der Waals surface area contributed by atoms with Crippen LogP contribution in [0.4, 0.5) is 17.3 Å². The van der Waals surface area contributed by atoms with Crippen molar-refractivity contribution in [1.82, 2.24) is 9.97 Å². The third-order valence-corrected chi connectivity index (χ3v) is 5.14. The number of nitrogens with zero attached hydrogens (tertiary/aromatic N) is 4. The van der Waals surface area contributed by atoms with Crippen molar-refractivity contribution in [2.24, 2.45) is 5.92 Å². The fraction of sp³-hybridized carbons (Fsp3) is 0.450. The summed E-state index contributed by atoms with van der Waals surface area (Å²) in [7, 11) is 0. The third-order valence-electron chi connectivity index (χ3n) is 5.14. The van der Waals surface area contributed by atoms with Gasteiger partial charge in [0.2, 0.25) is 11.9 Å². The monoisotopic (exact) mass is 367 g/mol. The van der Waals surface area contributed by atoms with E-state index in [4.69, 9.17) is 4.74 Å². The lowest BCUT2D eigenvalue weighted by atomic mass is 9.97. The molecule has 1 aromatic heterocycles. The molecule has 1 N–H and O–H groups in total. The van der Waals surface area contributed by atoms with Crippen LogP contribution in [0, 0.1) is 5.92 Å². The Morgan fingerprint density at radius 3 is 2.52 bits per heavy atom. The molecule has 4 rings (SSSR count). The number of carbonyl (C=O) groups excluding carboxylic acids is 1. The molecular weight excluding hydrogens is 342 g/mol. The van der Waals surface area contributed by atoms with Crippen LogP contribution in [0.3, 0.4) is 0 Å². The Morgan fingerprint density at radius 1 is 1.04 bits per heavy atom. The fourth-order valence-electron chi connectivity index (χ4n) is 3.65. The smallest absolute Gasteiger partial charge is 0.229 e. The van der Waals surface area contributed by atoms with Crippen molar-refractivity contribution in [3.05, 3.63) is 42.7 Å². The van der Waals surface area contributed by atoms with Crippen molar-refractivity contribution in [1.29, 1.82) is 0 Å². The summed E-state index contributed by atoms with van der Waals surface area (Å²) in [5.74, 6) is 0.709. The van der Waals surface area contributed by atoms with Gasteiger partial charge in [-0.2, -0.15) is 0 Å². The van der Waals surface area contributed by atoms with Crippen LogP contribution in [0.1, 0.15) is 12.8 Å². The lowest BCUT2D eigenvalue weighted by Crippen LogP contribution is -2.41. The van der Waals surface area contributed by atoms with Crippen molar-refractivity contribution in [3.63, 3.8) is 0 Å². The Bertz CT molecular complexity index is 747. The molecule has 1 atom stereocenters. The zero-order valence-electron chi connectivity index (χ0n) is 15.4. The van der Waals surface area contributed by atoms with Crippen molar-refractivity contribution >= 4 is 23.2 Å². The molecule has 0 spiro atoms. The topological polar surface area (TPSA) is 70.6 Å². The molecule has 0 bridgehead atoms. The van der Waals surface area contributed by atoms with Gasteiger partial charge in [0.25, 0.3) is 0 Å². The predicted octanol–water partition coefficient (Wildman–Crippen LogP) is 2.17. The van der Waals surface area contributed by atoms with Crippen molar-refractivity contribution < 1.29 is 9.53 Å². The van der Waals surface area contributed by atoms with E-state index >= 15 is 0 Å². The summed E-state index contributed by atoms with van der Waals surface area (Å²) < 4.78 is 5.39. The highest BCUT2D eigenvalue weighted by molar-refractivity contribution is 5.93. The van der Waals surface area contributed by atoms with E-state index in [9.17, 15) is 4.79 Å². The Labute approximate surface area is 159 Å². The van der Waals surface area contributed by atoms with Gasteiger partial charge in [0.1, 0.15) is 0 Å². The molecule has 1 unspecified atom stereocenters. The highest BCUT2D eigenvalue weighted by atomic mass is 16.5. The molecule has 1 aromatic carbocycles. The summed E-state index contributed by atoms with van der Waals surface area (Å²) in [4.78, 5) is 25.7. The van der Waals surface area contributed by atoms with E-state index in [1.165, 1.54) is 5.69 Å². The number of hydrogen-bond acceptors (Lipinski definition) is 6. The second-order valence-corrected chi connectivity index (χ2v) is 6.97. The molecule has 0 radical (unpaired) electrons. The summed E-state index contributed by atoms with van der Waals surface area (Å²) in [6.07, 6.45) is 5.33. The van der Waals surface area contributed by atoms with Crippen LogP contribution < -0.4 is 15.1 Å². The molecule has 7 heteroatoms. The first kappa shape index (κ1) is 17.7. The Morgan fingerprint density at radius 2 is 1.78 bits per heavy atom. The van der Waals surface area contributed by atoms with Crippen molar-refractivity contribution in [3.8, 4) is 0 Å². The summed E-state index contributed by atoms with van der Waals surface area (Å²) in [6, 6.07) is 9.88. The van der Waals surface area contributed by atoms with Crippen LogP contribution in [-0.2, 0) is 9.53 Å². The number of piperidine rings is 1. The maximum Gasteiger partial charge on any atom is 0.229 e. The van der Waals surface area contributed by atoms with Gasteiger partial charge >= 0.3 is 0 Å². The van der Waals surface area contributed by atoms with Gasteiger partial charge in [-0.05, 0) is 43.2 Å². The lowest BCUT2D eigenvalue weighted by molar-refractivity contribution is -0.120. The fourth-order valence-corrected chi connectivity index (χ4v) is 3.65. The van der Waals surface area contributed by atoms with Gasteiger partial charge in [-0.25, -0.2) is 9.97 Å². The van der Waals surface area contributed by atoms with Crippen LogP contribution in [0.2, 0.25) is 0 Å². The first-order chi connectivity index (χ1) is 13.3. The maximum absolute atomic E-state index is 12.7. The Hall–Kier alpha value is -2.67. The van der Waals surface area contributed by atoms with Gasteiger partial charge in [-0.15, -0.1) is 0 Å². The quantitative estimate of drug-likeness (QED) is 0.893. The average molecular weight is 367 g/mol. The number of hydrogen-bond donors (Lipinski definition) is 1. The molecule has 0 aliphatic carbocycles. The molecule has 2 saturated heterocycles. The molecule has 27 heavy (non-hydrogen) atoms. The van der Waals surface area contributed by atoms with Gasteiger partial charge in [-0.1, -0.05) is 0 Å². The number of anilines is 3. The number of morpholine rings is 1. The highest BCUT2D eigenvalue weighted by Gasteiger charge is 2.27. The summed E-state index contributed by atoms with van der Waals surface area (Å²) in [5.41, 5.74) is 2.01. The zero-order valence-corrected chi connectivity index (χ0v) is 15.4. The first-order valence-corrected chi connectivity index (χ1v) is 9.55. The van der Waals surface area contributed by atoms with E-state index in [1.807, 2.05) is 12.1 Å². The Kier molecular flexibility index (Phi) is 5.48. The molecule has 7 nitrogen and oxygen atoms in total. The number of nitrogens with one attached hydrogen (secondary N) is 1. The van der Waals surface area contributed by atoms with Crippen LogP contribution in [0.5, 0.6) is 0 Å². The molecular formula is C20H25N5O2. The predicted molar refractivity (Wildman–Crippen MR) is 105 cm³/mol. The summed E-state index contributed by atoms with van der Waals surface area (Å²) >= 11 is 0. The normalized spacial score (nSPS) is 20.4. The third kappa shape index (κ3) is 4.36. The van der Waals surface area contributed by atoms with Crippen molar-refractivity contribution in [2.75, 3.05) is 54.5 Å². The molecule has 2 fully saturated rings. The van der Waals surface area contributed by atoms with E-state index in [1.54, 1.807) is 18.5 Å². The number of aromatic nitrogens is 2. The molecule has 1 amide bonds. The average Bonchev–Trinajstić information content (AvgIpc) is 2.75. The number of amides is 1. The summed E-state index contributed by atoms with van der Waals surface area (Å²) in [5, 5.41) is 3.06. The molecule has 3 heterocycles. The standard InChI is InChI=1S/C20H25N5O2/c26-19(16-3-1-10-25(15-16)20-21-8-2-9-22-20)23-17-4-6-18(7-5-17)24-11-13-27-14-12-24/h2,4-9,16H,1,3,10-15H2,(H,23,26). The number of ether oxygens (including phenoxy) is 1. The maximum atomic E-state index is 12.7. The van der Waals surface area contributed by atoms with Crippen LogP contribution >= 0.6 is 0 Å². The van der Waals surface area contributed by atoms with E-state index < -0.39 is 0 Å². The number of benzene rings is 1. The summed E-state index contributed by atoms with van der Waals surface area (Å²) in [6.45, 7) is 4.89. The number of carbonyl (C=O) groups is 1. The van der Waals surface area contributed by atoms with E-state index in [0.717, 1.165) is 51.4 Å². The molecule has 2 aliphatic rings. The van der Waals surface area contributed by atoms with E-state index in [-0.39, 0.29) is 11.8 Å². The second kappa shape index (κ2) is 8.35. The van der Waals surface area contributed by atoms with Crippen LogP contribution in [-0.4, -0.2) is 55.3 Å². The lowest BCUT2D eigenvalue weighted by Gasteiger charge is -2.32. The van der Waals surface area contributed by atoms with Gasteiger partial charge in [0.05, 0.1) is 19.1 Å². The van der Waals surface area contributed by atoms with E-state index in [2.05, 4.69) is 37.2 Å². The minimum Gasteiger partial charge on any atom is -0.378 e. The first-order valence-electron chi connectivity index (χ1n) is 9.55. The molecule has 2 aliphatic heterocycles. The van der Waals surface area contributed by atoms with Crippen LogP contribution in [0.15, 0.2) is 42.7 Å². The highest BCUT2D eigenvalue weighted by Crippen LogP contribution is 2.23. The minimum absolute atomic E-state index is 0.0542. The molecule has 0 saturated carbocycles. The zero-order chi connectivity index (χ0) is 18.5. The van der Waals surface area contributed by atoms with E-state index in [0.29, 0.717) is 12.5 Å². The van der Waals surface area contributed by atoms with Crippen LogP contribution in [0.25, 0.3) is 0 Å². The van der Waals surface area contributed by atoms with Gasteiger partial charge in [-0.3, -0.25) is 4.79 Å². The molecule has 2 aromatic rings.